The van der Waals surface area contributed by atoms with Crippen molar-refractivity contribution in [3.63, 3.8) is 0 Å². The van der Waals surface area contributed by atoms with E-state index in [0.717, 1.165) is 38.6 Å². The zero-order chi connectivity index (χ0) is 14.0. The molecule has 1 rings (SSSR count). The second-order valence-electron chi connectivity index (χ2n) is 4.96. The van der Waals surface area contributed by atoms with Gasteiger partial charge in [-0.15, -0.1) is 0 Å². The number of esters is 1. The number of methoxy groups -OCH3 is 1. The molecule has 0 radical (unpaired) electrons. The van der Waals surface area contributed by atoms with Crippen LogP contribution in [0.3, 0.4) is 0 Å². The number of carbonyl (C=O) groups is 1. The summed E-state index contributed by atoms with van der Waals surface area (Å²) in [6.07, 6.45) is 4.62. The lowest BCUT2D eigenvalue weighted by Gasteiger charge is -2.26. The minimum Gasteiger partial charge on any atom is -0.462 e. The molecular formula is C14H27NO4. The normalized spacial score (nSPS) is 22.6. The molecule has 0 aliphatic carbocycles. The van der Waals surface area contributed by atoms with Crippen LogP contribution in [0.15, 0.2) is 0 Å². The Balaban J connectivity index is 2.15. The van der Waals surface area contributed by atoms with Crippen molar-refractivity contribution in [1.29, 1.82) is 0 Å². The molecule has 1 saturated heterocycles. The highest BCUT2D eigenvalue weighted by Crippen LogP contribution is 2.26. The molecule has 5 nitrogen and oxygen atoms in total. The van der Waals surface area contributed by atoms with Gasteiger partial charge >= 0.3 is 5.97 Å². The van der Waals surface area contributed by atoms with Gasteiger partial charge in [-0.05, 0) is 32.2 Å². The highest BCUT2D eigenvalue weighted by molar-refractivity contribution is 5.81. The molecule has 19 heavy (non-hydrogen) atoms. The van der Waals surface area contributed by atoms with Crippen molar-refractivity contribution in [1.82, 2.24) is 5.32 Å². The Kier molecular flexibility index (Phi) is 8.02. The van der Waals surface area contributed by atoms with E-state index in [1.807, 2.05) is 0 Å². The lowest BCUT2D eigenvalue weighted by Crippen LogP contribution is -2.48. The van der Waals surface area contributed by atoms with Crippen molar-refractivity contribution in [3.8, 4) is 0 Å². The molecule has 1 unspecified atom stereocenters. The smallest absolute Gasteiger partial charge is 0.326 e. The summed E-state index contributed by atoms with van der Waals surface area (Å²) < 4.78 is 15.6. The predicted molar refractivity (Wildman–Crippen MR) is 73.1 cm³/mol. The first kappa shape index (κ1) is 16.4. The van der Waals surface area contributed by atoms with Gasteiger partial charge in [0.1, 0.15) is 12.1 Å². The largest absolute Gasteiger partial charge is 0.462 e. The number of ether oxygens (including phenoxy) is 3. The Morgan fingerprint density at radius 2 is 2.11 bits per heavy atom. The minimum absolute atomic E-state index is 0.118. The van der Waals surface area contributed by atoms with Crippen molar-refractivity contribution in [2.45, 2.75) is 44.6 Å². The topological polar surface area (TPSA) is 56.8 Å². The molecule has 0 bridgehead atoms. The summed E-state index contributed by atoms with van der Waals surface area (Å²) in [5.41, 5.74) is -0.440. The molecule has 1 fully saturated rings. The average molecular weight is 273 g/mol. The second kappa shape index (κ2) is 9.28. The third kappa shape index (κ3) is 5.47. The molecule has 1 N–H and O–H groups in total. The number of nitrogens with one attached hydrogen (secondary N) is 1. The van der Waals surface area contributed by atoms with Gasteiger partial charge in [-0.25, -0.2) is 0 Å². The SMILES string of the molecule is CCCC1(C(=O)OCCOCCCOC)CCCN1. The van der Waals surface area contributed by atoms with Crippen LogP contribution in [0.2, 0.25) is 0 Å². The summed E-state index contributed by atoms with van der Waals surface area (Å²) in [5, 5.41) is 3.31. The highest BCUT2D eigenvalue weighted by Gasteiger charge is 2.41. The molecule has 1 atom stereocenters. The number of carbonyl (C=O) groups excluding carboxylic acids is 1. The van der Waals surface area contributed by atoms with Gasteiger partial charge in [0.2, 0.25) is 0 Å². The summed E-state index contributed by atoms with van der Waals surface area (Å²) in [4.78, 5) is 12.1. The fourth-order valence-electron chi connectivity index (χ4n) is 2.46. The van der Waals surface area contributed by atoms with E-state index in [4.69, 9.17) is 14.2 Å². The molecule has 0 aromatic rings. The van der Waals surface area contributed by atoms with Gasteiger partial charge in [0.05, 0.1) is 6.61 Å². The van der Waals surface area contributed by atoms with Crippen molar-refractivity contribution in [2.75, 3.05) is 40.1 Å². The molecule has 1 aliphatic rings. The summed E-state index contributed by atoms with van der Waals surface area (Å²) >= 11 is 0. The van der Waals surface area contributed by atoms with Crippen LogP contribution in [0.1, 0.15) is 39.0 Å². The van der Waals surface area contributed by atoms with Gasteiger partial charge in [-0.3, -0.25) is 4.79 Å². The summed E-state index contributed by atoms with van der Waals surface area (Å²) in [6, 6.07) is 0. The Morgan fingerprint density at radius 1 is 1.26 bits per heavy atom. The molecule has 0 aromatic carbocycles. The van der Waals surface area contributed by atoms with Crippen molar-refractivity contribution < 1.29 is 19.0 Å². The van der Waals surface area contributed by atoms with Gasteiger partial charge in [0.15, 0.2) is 0 Å². The zero-order valence-corrected chi connectivity index (χ0v) is 12.2. The van der Waals surface area contributed by atoms with Crippen LogP contribution in [0, 0.1) is 0 Å². The third-order valence-electron chi connectivity index (χ3n) is 3.41. The second-order valence-corrected chi connectivity index (χ2v) is 4.96. The van der Waals surface area contributed by atoms with E-state index in [2.05, 4.69) is 12.2 Å². The van der Waals surface area contributed by atoms with Crippen LogP contribution in [0.5, 0.6) is 0 Å². The van der Waals surface area contributed by atoms with Gasteiger partial charge in [-0.1, -0.05) is 13.3 Å². The lowest BCUT2D eigenvalue weighted by atomic mass is 9.92. The van der Waals surface area contributed by atoms with Gasteiger partial charge in [0, 0.05) is 20.3 Å². The van der Waals surface area contributed by atoms with E-state index in [1.165, 1.54) is 0 Å². The van der Waals surface area contributed by atoms with E-state index < -0.39 is 5.54 Å². The van der Waals surface area contributed by atoms with Gasteiger partial charge in [-0.2, -0.15) is 0 Å². The van der Waals surface area contributed by atoms with Crippen LogP contribution >= 0.6 is 0 Å². The van der Waals surface area contributed by atoms with Crippen LogP contribution in [-0.2, 0) is 19.0 Å². The molecule has 0 saturated carbocycles. The quantitative estimate of drug-likeness (QED) is 0.483. The third-order valence-corrected chi connectivity index (χ3v) is 3.41. The molecule has 0 amide bonds. The fourth-order valence-corrected chi connectivity index (χ4v) is 2.46. The Hall–Kier alpha value is -0.650. The Morgan fingerprint density at radius 3 is 2.74 bits per heavy atom. The molecule has 5 heteroatoms. The Labute approximate surface area is 116 Å². The first-order valence-electron chi connectivity index (χ1n) is 7.24. The summed E-state index contributed by atoms with van der Waals surface area (Å²) in [7, 11) is 1.67. The van der Waals surface area contributed by atoms with Crippen LogP contribution in [0.25, 0.3) is 0 Å². The Bertz CT molecular complexity index is 252. The van der Waals surface area contributed by atoms with Crippen molar-refractivity contribution >= 4 is 5.97 Å². The molecule has 112 valence electrons. The van der Waals surface area contributed by atoms with Crippen LogP contribution < -0.4 is 5.32 Å². The van der Waals surface area contributed by atoms with E-state index in [-0.39, 0.29) is 5.97 Å². The first-order chi connectivity index (χ1) is 9.25. The maximum Gasteiger partial charge on any atom is 0.326 e. The van der Waals surface area contributed by atoms with E-state index in [9.17, 15) is 4.79 Å². The summed E-state index contributed by atoms with van der Waals surface area (Å²) in [5.74, 6) is -0.118. The van der Waals surface area contributed by atoms with E-state index in [0.29, 0.717) is 26.4 Å². The number of hydrogen-bond acceptors (Lipinski definition) is 5. The number of rotatable bonds is 10. The molecule has 1 heterocycles. The van der Waals surface area contributed by atoms with Crippen LogP contribution in [-0.4, -0.2) is 51.6 Å². The van der Waals surface area contributed by atoms with Crippen molar-refractivity contribution in [2.24, 2.45) is 0 Å². The molecule has 0 aromatic heterocycles. The predicted octanol–water partition coefficient (Wildman–Crippen LogP) is 1.51. The van der Waals surface area contributed by atoms with Gasteiger partial charge in [0.25, 0.3) is 0 Å². The molecular weight excluding hydrogens is 246 g/mol. The zero-order valence-electron chi connectivity index (χ0n) is 12.2. The lowest BCUT2D eigenvalue weighted by molar-refractivity contribution is -0.153. The maximum absolute atomic E-state index is 12.1. The van der Waals surface area contributed by atoms with Gasteiger partial charge < -0.3 is 19.5 Å². The highest BCUT2D eigenvalue weighted by atomic mass is 16.6. The number of hydrogen-bond donors (Lipinski definition) is 1. The maximum atomic E-state index is 12.1. The summed E-state index contributed by atoms with van der Waals surface area (Å²) in [6.45, 7) is 5.13. The van der Waals surface area contributed by atoms with E-state index in [1.54, 1.807) is 7.11 Å². The van der Waals surface area contributed by atoms with Crippen molar-refractivity contribution in [3.05, 3.63) is 0 Å². The molecule has 1 aliphatic heterocycles. The van der Waals surface area contributed by atoms with E-state index >= 15 is 0 Å². The molecule has 0 spiro atoms. The monoisotopic (exact) mass is 273 g/mol. The average Bonchev–Trinajstić information content (AvgIpc) is 2.88. The fraction of sp³-hybridized carbons (Fsp3) is 0.929. The minimum atomic E-state index is -0.440. The van der Waals surface area contributed by atoms with Crippen LogP contribution in [0.4, 0.5) is 0 Å². The standard InChI is InChI=1S/C14H27NO4/c1-3-6-14(7-4-8-15-14)13(16)19-12-11-18-10-5-9-17-2/h15H,3-12H2,1-2H3. The first-order valence-corrected chi connectivity index (χ1v) is 7.24.